The summed E-state index contributed by atoms with van der Waals surface area (Å²) < 4.78 is 7.66. The molecule has 0 aliphatic carbocycles. The molecule has 0 saturated carbocycles. The van der Waals surface area contributed by atoms with Gasteiger partial charge >= 0.3 is 0 Å². The molecule has 0 fully saturated rings. The maximum Gasteiger partial charge on any atom is 0.137 e. The quantitative estimate of drug-likeness (QED) is 0.727. The van der Waals surface area contributed by atoms with E-state index in [4.69, 9.17) is 10.00 Å². The van der Waals surface area contributed by atoms with Crippen LogP contribution in [0.4, 0.5) is 0 Å². The predicted molar refractivity (Wildman–Crippen MR) is 75.3 cm³/mol. The number of pyridine rings is 1. The molecule has 0 aliphatic heterocycles. The van der Waals surface area contributed by atoms with Crippen molar-refractivity contribution in [2.24, 2.45) is 0 Å². The van der Waals surface area contributed by atoms with Crippen LogP contribution < -0.4 is 4.74 Å². The van der Waals surface area contributed by atoms with Crippen molar-refractivity contribution in [2.75, 3.05) is 0 Å². The Morgan fingerprint density at radius 3 is 2.75 bits per heavy atom. The zero-order valence-electron chi connectivity index (χ0n) is 10.9. The highest BCUT2D eigenvalue weighted by atomic mass is 16.5. The first-order valence-corrected chi connectivity index (χ1v) is 6.36. The molecule has 0 bridgehead atoms. The Bertz CT molecular complexity index is 720. The van der Waals surface area contributed by atoms with Gasteiger partial charge in [-0.05, 0) is 29.8 Å². The highest BCUT2D eigenvalue weighted by molar-refractivity contribution is 5.39. The van der Waals surface area contributed by atoms with Crippen molar-refractivity contribution < 1.29 is 4.74 Å². The van der Waals surface area contributed by atoms with Crippen molar-refractivity contribution in [3.8, 4) is 11.8 Å². The number of aromatic nitrogens is 2. The van der Waals surface area contributed by atoms with Crippen LogP contribution >= 0.6 is 0 Å². The fourth-order valence-electron chi connectivity index (χ4n) is 2.01. The Balaban J connectivity index is 1.68. The molecule has 0 unspecified atom stereocenters. The molecular formula is C16H13N3O. The summed E-state index contributed by atoms with van der Waals surface area (Å²) in [5, 5.41) is 8.62. The maximum absolute atomic E-state index is 8.62. The van der Waals surface area contributed by atoms with E-state index in [9.17, 15) is 0 Å². The lowest BCUT2D eigenvalue weighted by molar-refractivity contribution is 0.302. The van der Waals surface area contributed by atoms with E-state index in [0.29, 0.717) is 13.0 Å². The normalized spacial score (nSPS) is 10.3. The third kappa shape index (κ3) is 2.62. The van der Waals surface area contributed by atoms with Crippen LogP contribution in [0.2, 0.25) is 0 Å². The van der Waals surface area contributed by atoms with E-state index < -0.39 is 0 Å². The lowest BCUT2D eigenvalue weighted by Gasteiger charge is -2.04. The number of hydrogen-bond acceptors (Lipinski definition) is 3. The third-order valence-electron chi connectivity index (χ3n) is 3.01. The molecule has 0 aliphatic rings. The summed E-state index contributed by atoms with van der Waals surface area (Å²) in [7, 11) is 0. The second-order valence-electron chi connectivity index (χ2n) is 4.47. The van der Waals surface area contributed by atoms with Gasteiger partial charge in [0.2, 0.25) is 0 Å². The Morgan fingerprint density at radius 1 is 1.15 bits per heavy atom. The van der Waals surface area contributed by atoms with E-state index in [1.807, 2.05) is 59.3 Å². The first-order chi connectivity index (χ1) is 9.85. The van der Waals surface area contributed by atoms with Gasteiger partial charge in [-0.15, -0.1) is 0 Å². The molecule has 0 atom stereocenters. The molecule has 20 heavy (non-hydrogen) atoms. The molecule has 0 radical (unpaired) electrons. The molecule has 0 N–H and O–H groups in total. The van der Waals surface area contributed by atoms with Crippen LogP contribution in [-0.2, 0) is 13.0 Å². The minimum absolute atomic E-state index is 0.423. The number of rotatable bonds is 4. The summed E-state index contributed by atoms with van der Waals surface area (Å²) >= 11 is 0. The van der Waals surface area contributed by atoms with Crippen LogP contribution in [-0.4, -0.2) is 9.38 Å². The smallest absolute Gasteiger partial charge is 0.137 e. The molecule has 4 heteroatoms. The monoisotopic (exact) mass is 263 g/mol. The highest BCUT2D eigenvalue weighted by Gasteiger charge is 2.02. The Labute approximate surface area is 116 Å². The number of benzene rings is 1. The van der Waals surface area contributed by atoms with E-state index in [2.05, 4.69) is 11.1 Å². The van der Waals surface area contributed by atoms with Crippen molar-refractivity contribution in [3.63, 3.8) is 0 Å². The van der Waals surface area contributed by atoms with Gasteiger partial charge < -0.3 is 9.14 Å². The van der Waals surface area contributed by atoms with E-state index in [-0.39, 0.29) is 0 Å². The van der Waals surface area contributed by atoms with Crippen LogP contribution in [0.5, 0.6) is 5.75 Å². The standard InChI is InChI=1S/C16H13N3O/c17-9-8-13-4-6-15(7-5-13)20-12-14-11-19-10-2-1-3-16(19)18-14/h1-7,10-11H,8,12H2. The predicted octanol–water partition coefficient (Wildman–Crippen LogP) is 2.98. The summed E-state index contributed by atoms with van der Waals surface area (Å²) in [4.78, 5) is 4.47. The topological polar surface area (TPSA) is 50.3 Å². The second-order valence-corrected chi connectivity index (χ2v) is 4.47. The van der Waals surface area contributed by atoms with Crippen LogP contribution in [0.15, 0.2) is 54.9 Å². The van der Waals surface area contributed by atoms with Gasteiger partial charge in [0.15, 0.2) is 0 Å². The van der Waals surface area contributed by atoms with Crippen LogP contribution in [0.3, 0.4) is 0 Å². The second kappa shape index (κ2) is 5.45. The van der Waals surface area contributed by atoms with Crippen molar-refractivity contribution >= 4 is 5.65 Å². The number of hydrogen-bond donors (Lipinski definition) is 0. The van der Waals surface area contributed by atoms with Crippen molar-refractivity contribution in [2.45, 2.75) is 13.0 Å². The Morgan fingerprint density at radius 2 is 2.00 bits per heavy atom. The molecule has 0 spiro atoms. The fourth-order valence-corrected chi connectivity index (χ4v) is 2.01. The SMILES string of the molecule is N#CCc1ccc(OCc2cn3ccccc3n2)cc1. The summed E-state index contributed by atoms with van der Waals surface area (Å²) in [6.07, 6.45) is 4.34. The summed E-state index contributed by atoms with van der Waals surface area (Å²) in [6, 6.07) is 15.6. The first-order valence-electron chi connectivity index (χ1n) is 6.36. The number of imidazole rings is 1. The molecule has 3 aromatic rings. The lowest BCUT2D eigenvalue weighted by atomic mass is 10.2. The molecule has 0 amide bonds. The van der Waals surface area contributed by atoms with Crippen LogP contribution in [0.25, 0.3) is 5.65 Å². The largest absolute Gasteiger partial charge is 0.487 e. The van der Waals surface area contributed by atoms with E-state index >= 15 is 0 Å². The molecule has 3 rings (SSSR count). The minimum Gasteiger partial charge on any atom is -0.487 e. The average molecular weight is 263 g/mol. The van der Waals surface area contributed by atoms with Gasteiger partial charge in [-0.25, -0.2) is 4.98 Å². The van der Waals surface area contributed by atoms with Gasteiger partial charge in [0.1, 0.15) is 18.0 Å². The third-order valence-corrected chi connectivity index (χ3v) is 3.01. The van der Waals surface area contributed by atoms with Crippen molar-refractivity contribution in [1.82, 2.24) is 9.38 Å². The number of nitrogens with zero attached hydrogens (tertiary/aromatic N) is 3. The molecule has 0 saturated heterocycles. The van der Waals surface area contributed by atoms with E-state index in [1.54, 1.807) is 0 Å². The van der Waals surface area contributed by atoms with Crippen LogP contribution in [0.1, 0.15) is 11.3 Å². The van der Waals surface area contributed by atoms with Crippen LogP contribution in [0, 0.1) is 11.3 Å². The molecular weight excluding hydrogens is 250 g/mol. The number of ether oxygens (including phenoxy) is 1. The van der Waals surface area contributed by atoms with Gasteiger partial charge in [-0.3, -0.25) is 0 Å². The van der Waals surface area contributed by atoms with E-state index in [1.165, 1.54) is 0 Å². The Hall–Kier alpha value is -2.80. The van der Waals surface area contributed by atoms with Gasteiger partial charge in [0.25, 0.3) is 0 Å². The first kappa shape index (κ1) is 12.2. The molecule has 2 aromatic heterocycles. The lowest BCUT2D eigenvalue weighted by Crippen LogP contribution is -1.95. The zero-order chi connectivity index (χ0) is 13.8. The summed E-state index contributed by atoms with van der Waals surface area (Å²) in [5.74, 6) is 0.781. The average Bonchev–Trinajstić information content (AvgIpc) is 2.90. The van der Waals surface area contributed by atoms with Crippen molar-refractivity contribution in [3.05, 3.63) is 66.1 Å². The van der Waals surface area contributed by atoms with Gasteiger partial charge in [0, 0.05) is 12.4 Å². The Kier molecular flexibility index (Phi) is 3.34. The summed E-state index contributed by atoms with van der Waals surface area (Å²) in [5.41, 5.74) is 2.79. The molecule has 4 nitrogen and oxygen atoms in total. The zero-order valence-corrected chi connectivity index (χ0v) is 10.9. The summed E-state index contributed by atoms with van der Waals surface area (Å²) in [6.45, 7) is 0.430. The van der Waals surface area contributed by atoms with Crippen molar-refractivity contribution in [1.29, 1.82) is 5.26 Å². The molecule has 98 valence electrons. The van der Waals surface area contributed by atoms with Gasteiger partial charge in [-0.1, -0.05) is 18.2 Å². The fraction of sp³-hybridized carbons (Fsp3) is 0.125. The number of fused-ring (bicyclic) bond motifs is 1. The minimum atomic E-state index is 0.423. The molecule has 1 aromatic carbocycles. The van der Waals surface area contributed by atoms with Gasteiger partial charge in [0.05, 0.1) is 18.2 Å². The maximum atomic E-state index is 8.62. The van der Waals surface area contributed by atoms with E-state index in [0.717, 1.165) is 22.7 Å². The molecule has 2 heterocycles. The van der Waals surface area contributed by atoms with Gasteiger partial charge in [-0.2, -0.15) is 5.26 Å². The number of nitriles is 1. The highest BCUT2D eigenvalue weighted by Crippen LogP contribution is 2.14.